The Labute approximate surface area is 121 Å². The molecule has 0 spiro atoms. The van der Waals surface area contributed by atoms with E-state index in [0.29, 0.717) is 0 Å². The second-order valence-electron chi connectivity index (χ2n) is 5.74. The monoisotopic (exact) mass is 275 g/mol. The van der Waals surface area contributed by atoms with Gasteiger partial charge in [0.15, 0.2) is 0 Å². The fourth-order valence-corrected chi connectivity index (χ4v) is 3.19. The summed E-state index contributed by atoms with van der Waals surface area (Å²) >= 11 is 0. The molecule has 110 valence electrons. The van der Waals surface area contributed by atoms with Crippen molar-refractivity contribution in [1.82, 2.24) is 4.90 Å². The van der Waals surface area contributed by atoms with Gasteiger partial charge in [-0.05, 0) is 24.8 Å². The van der Waals surface area contributed by atoms with Crippen LogP contribution in [0.25, 0.3) is 0 Å². The Morgan fingerprint density at radius 3 is 2.55 bits per heavy atom. The number of rotatable bonds is 4. The molecule has 1 fully saturated rings. The summed E-state index contributed by atoms with van der Waals surface area (Å²) in [6.07, 6.45) is 4.30. The van der Waals surface area contributed by atoms with Crippen molar-refractivity contribution in [2.24, 2.45) is 0 Å². The lowest BCUT2D eigenvalue weighted by molar-refractivity contribution is -0.137. The number of carbonyl (C=O) groups is 1. The van der Waals surface area contributed by atoms with Crippen molar-refractivity contribution in [3.8, 4) is 0 Å². The molecular formula is C17H25NO2. The summed E-state index contributed by atoms with van der Waals surface area (Å²) in [5.74, 6) is 0.0278. The molecule has 1 saturated carbocycles. The maximum atomic E-state index is 12.7. The second kappa shape index (κ2) is 6.89. The largest absolute Gasteiger partial charge is 0.391 e. The standard InChI is InChI=1S/C17H25NO2/c1-3-14(13-9-5-4-6-10-13)17(20)18(2)15-11-7-8-12-16(15)19/h4-6,9-10,14-16,19H,3,7-8,11-12H2,1-2H3. The van der Waals surface area contributed by atoms with Crippen LogP contribution < -0.4 is 0 Å². The van der Waals surface area contributed by atoms with E-state index in [1.807, 2.05) is 44.3 Å². The Balaban J connectivity index is 2.12. The number of hydrogen-bond donors (Lipinski definition) is 1. The molecule has 3 nitrogen and oxygen atoms in total. The van der Waals surface area contributed by atoms with E-state index in [1.54, 1.807) is 4.90 Å². The van der Waals surface area contributed by atoms with E-state index in [4.69, 9.17) is 0 Å². The van der Waals surface area contributed by atoms with Crippen molar-refractivity contribution >= 4 is 5.91 Å². The molecule has 3 atom stereocenters. The number of aliphatic hydroxyl groups is 1. The minimum absolute atomic E-state index is 0.0194. The molecule has 0 aliphatic heterocycles. The zero-order valence-corrected chi connectivity index (χ0v) is 12.5. The predicted molar refractivity (Wildman–Crippen MR) is 80.5 cm³/mol. The molecule has 0 saturated heterocycles. The van der Waals surface area contributed by atoms with Crippen LogP contribution in [0.2, 0.25) is 0 Å². The van der Waals surface area contributed by atoms with Crippen LogP contribution >= 0.6 is 0 Å². The zero-order chi connectivity index (χ0) is 14.5. The second-order valence-corrected chi connectivity index (χ2v) is 5.74. The lowest BCUT2D eigenvalue weighted by atomic mass is 9.89. The van der Waals surface area contributed by atoms with Gasteiger partial charge in [0.05, 0.1) is 18.1 Å². The van der Waals surface area contributed by atoms with Crippen molar-refractivity contribution in [3.63, 3.8) is 0 Å². The molecule has 3 heteroatoms. The molecule has 1 aromatic carbocycles. The first-order valence-electron chi connectivity index (χ1n) is 7.64. The van der Waals surface area contributed by atoms with Gasteiger partial charge in [-0.3, -0.25) is 4.79 Å². The lowest BCUT2D eigenvalue weighted by Crippen LogP contribution is -2.47. The van der Waals surface area contributed by atoms with E-state index in [9.17, 15) is 9.90 Å². The molecular weight excluding hydrogens is 250 g/mol. The highest BCUT2D eigenvalue weighted by Gasteiger charge is 2.32. The number of likely N-dealkylation sites (N-methyl/N-ethyl adjacent to an activating group) is 1. The molecule has 1 aliphatic rings. The normalized spacial score (nSPS) is 24.1. The summed E-state index contributed by atoms with van der Waals surface area (Å²) in [6, 6.07) is 9.92. The molecule has 2 rings (SSSR count). The van der Waals surface area contributed by atoms with E-state index >= 15 is 0 Å². The Hall–Kier alpha value is -1.35. The molecule has 0 bridgehead atoms. The molecule has 0 aromatic heterocycles. The van der Waals surface area contributed by atoms with E-state index in [0.717, 1.165) is 37.7 Å². The van der Waals surface area contributed by atoms with Crippen molar-refractivity contribution in [3.05, 3.63) is 35.9 Å². The van der Waals surface area contributed by atoms with Crippen molar-refractivity contribution in [1.29, 1.82) is 0 Å². The molecule has 1 aromatic rings. The number of nitrogens with zero attached hydrogens (tertiary/aromatic N) is 1. The molecule has 1 N–H and O–H groups in total. The average molecular weight is 275 g/mol. The van der Waals surface area contributed by atoms with Crippen LogP contribution in [0, 0.1) is 0 Å². The van der Waals surface area contributed by atoms with Gasteiger partial charge in [-0.1, -0.05) is 50.1 Å². The number of amides is 1. The van der Waals surface area contributed by atoms with E-state index in [-0.39, 0.29) is 24.0 Å². The minimum atomic E-state index is -0.369. The molecule has 0 radical (unpaired) electrons. The number of aliphatic hydroxyl groups excluding tert-OH is 1. The Morgan fingerprint density at radius 2 is 1.95 bits per heavy atom. The van der Waals surface area contributed by atoms with Gasteiger partial charge in [0.2, 0.25) is 5.91 Å². The van der Waals surface area contributed by atoms with Gasteiger partial charge in [0.1, 0.15) is 0 Å². The van der Waals surface area contributed by atoms with Crippen molar-refractivity contribution in [2.75, 3.05) is 7.05 Å². The van der Waals surface area contributed by atoms with E-state index in [2.05, 4.69) is 0 Å². The van der Waals surface area contributed by atoms with Crippen LogP contribution in [0.15, 0.2) is 30.3 Å². The highest BCUT2D eigenvalue weighted by molar-refractivity contribution is 5.83. The number of carbonyl (C=O) groups excluding carboxylic acids is 1. The summed E-state index contributed by atoms with van der Waals surface area (Å²) in [5.41, 5.74) is 1.07. The van der Waals surface area contributed by atoms with Gasteiger partial charge in [-0.2, -0.15) is 0 Å². The molecule has 1 amide bonds. The minimum Gasteiger partial charge on any atom is -0.391 e. The fourth-order valence-electron chi connectivity index (χ4n) is 3.19. The van der Waals surface area contributed by atoms with E-state index < -0.39 is 0 Å². The first-order valence-corrected chi connectivity index (χ1v) is 7.64. The van der Waals surface area contributed by atoms with Gasteiger partial charge >= 0.3 is 0 Å². The zero-order valence-electron chi connectivity index (χ0n) is 12.5. The highest BCUT2D eigenvalue weighted by Crippen LogP contribution is 2.27. The third-order valence-corrected chi connectivity index (χ3v) is 4.45. The average Bonchev–Trinajstić information content (AvgIpc) is 2.49. The first kappa shape index (κ1) is 15.0. The van der Waals surface area contributed by atoms with Crippen molar-refractivity contribution in [2.45, 2.75) is 57.1 Å². The smallest absolute Gasteiger partial charge is 0.230 e. The Kier molecular flexibility index (Phi) is 5.18. The van der Waals surface area contributed by atoms with Crippen LogP contribution in [-0.2, 0) is 4.79 Å². The van der Waals surface area contributed by atoms with Gasteiger partial charge in [0.25, 0.3) is 0 Å². The maximum absolute atomic E-state index is 12.7. The number of hydrogen-bond acceptors (Lipinski definition) is 2. The topological polar surface area (TPSA) is 40.5 Å². The van der Waals surface area contributed by atoms with Crippen LogP contribution in [0.5, 0.6) is 0 Å². The predicted octanol–water partition coefficient (Wildman–Crippen LogP) is 2.94. The third-order valence-electron chi connectivity index (χ3n) is 4.45. The van der Waals surface area contributed by atoms with Crippen LogP contribution in [0.4, 0.5) is 0 Å². The quantitative estimate of drug-likeness (QED) is 0.918. The van der Waals surface area contributed by atoms with Gasteiger partial charge < -0.3 is 10.0 Å². The summed E-state index contributed by atoms with van der Waals surface area (Å²) in [4.78, 5) is 14.5. The van der Waals surface area contributed by atoms with Crippen LogP contribution in [-0.4, -0.2) is 35.1 Å². The highest BCUT2D eigenvalue weighted by atomic mass is 16.3. The molecule has 3 unspecified atom stereocenters. The SMILES string of the molecule is CCC(C(=O)N(C)C1CCCCC1O)c1ccccc1. The first-order chi connectivity index (χ1) is 9.65. The van der Waals surface area contributed by atoms with Gasteiger partial charge in [0, 0.05) is 7.05 Å². The van der Waals surface area contributed by atoms with Gasteiger partial charge in [-0.15, -0.1) is 0 Å². The number of benzene rings is 1. The summed E-state index contributed by atoms with van der Waals surface area (Å²) in [5, 5.41) is 10.1. The van der Waals surface area contributed by atoms with Gasteiger partial charge in [-0.25, -0.2) is 0 Å². The third kappa shape index (κ3) is 3.21. The summed E-state index contributed by atoms with van der Waals surface area (Å²) in [6.45, 7) is 2.04. The molecule has 0 heterocycles. The maximum Gasteiger partial charge on any atom is 0.230 e. The lowest BCUT2D eigenvalue weighted by Gasteiger charge is -2.37. The Morgan fingerprint density at radius 1 is 1.30 bits per heavy atom. The fraction of sp³-hybridized carbons (Fsp3) is 0.588. The van der Waals surface area contributed by atoms with E-state index in [1.165, 1.54) is 0 Å². The Bertz CT molecular complexity index is 432. The molecule has 1 aliphatic carbocycles. The molecule has 20 heavy (non-hydrogen) atoms. The van der Waals surface area contributed by atoms with Crippen LogP contribution in [0.1, 0.15) is 50.5 Å². The van der Waals surface area contributed by atoms with Crippen molar-refractivity contribution < 1.29 is 9.90 Å². The summed E-state index contributed by atoms with van der Waals surface area (Å²) in [7, 11) is 1.84. The summed E-state index contributed by atoms with van der Waals surface area (Å²) < 4.78 is 0. The van der Waals surface area contributed by atoms with Crippen LogP contribution in [0.3, 0.4) is 0 Å².